The predicted octanol–water partition coefficient (Wildman–Crippen LogP) is 8.27. The zero-order chi connectivity index (χ0) is 34.9. The first-order valence-electron chi connectivity index (χ1n) is 17.8. The number of carbonyl (C=O) groups is 1. The van der Waals surface area contributed by atoms with Crippen molar-refractivity contribution in [2.45, 2.75) is 59.3 Å². The van der Waals surface area contributed by atoms with E-state index < -0.39 is 0 Å². The largest absolute Gasteiger partial charge is 0.493 e. The van der Waals surface area contributed by atoms with Gasteiger partial charge in [0.25, 0.3) is 0 Å². The monoisotopic (exact) mass is 672 g/mol. The highest BCUT2D eigenvalue weighted by molar-refractivity contribution is 6.05. The van der Waals surface area contributed by atoms with E-state index >= 15 is 0 Å². The summed E-state index contributed by atoms with van der Waals surface area (Å²) < 4.78 is 22.5. The predicted molar refractivity (Wildman–Crippen MR) is 201 cm³/mol. The molecule has 0 aliphatic heterocycles. The Hall–Kier alpha value is -4.92. The molecule has 0 spiro atoms. The zero-order valence-electron chi connectivity index (χ0n) is 29.7. The maximum Gasteiger partial charge on any atom is 0.355 e. The van der Waals surface area contributed by atoms with Crippen LogP contribution in [0.3, 0.4) is 0 Å². The number of aromatic nitrogens is 3. The Kier molecular flexibility index (Phi) is 11.6. The van der Waals surface area contributed by atoms with Crippen LogP contribution in [0.2, 0.25) is 0 Å². The Balaban J connectivity index is 1.40. The van der Waals surface area contributed by atoms with E-state index in [9.17, 15) is 4.79 Å². The lowest BCUT2D eigenvalue weighted by atomic mass is 9.97. The Bertz CT molecular complexity index is 2040. The van der Waals surface area contributed by atoms with Crippen LogP contribution in [0.25, 0.3) is 32.8 Å². The normalized spacial score (nSPS) is 11.4. The Morgan fingerprint density at radius 3 is 2.42 bits per heavy atom. The maximum atomic E-state index is 13.9. The minimum atomic E-state index is -0.294. The zero-order valence-corrected chi connectivity index (χ0v) is 29.7. The first-order chi connectivity index (χ1) is 24.5. The van der Waals surface area contributed by atoms with E-state index in [2.05, 4.69) is 65.3 Å². The van der Waals surface area contributed by atoms with Crippen molar-refractivity contribution in [1.29, 1.82) is 0 Å². The summed E-state index contributed by atoms with van der Waals surface area (Å²) >= 11 is 0. The molecule has 260 valence electrons. The number of nitrogens with zero attached hydrogens (tertiary/aromatic N) is 3. The fraction of sp³-hybridized carbons (Fsp3) is 0.333. The van der Waals surface area contributed by atoms with Crippen LogP contribution in [0.1, 0.15) is 59.7 Å². The van der Waals surface area contributed by atoms with Gasteiger partial charge in [-0.25, -0.2) is 4.79 Å². The van der Waals surface area contributed by atoms with Gasteiger partial charge in [-0.3, -0.25) is 4.68 Å². The van der Waals surface area contributed by atoms with E-state index in [0.29, 0.717) is 45.1 Å². The molecule has 0 amide bonds. The van der Waals surface area contributed by atoms with Gasteiger partial charge in [0, 0.05) is 41.2 Å². The lowest BCUT2D eigenvalue weighted by molar-refractivity contribution is 0.0512. The number of esters is 1. The number of carbonyl (C=O) groups excluding carboxylic acids is 1. The summed E-state index contributed by atoms with van der Waals surface area (Å²) in [5, 5.41) is 11.6. The average molecular weight is 673 g/mol. The van der Waals surface area contributed by atoms with Crippen LogP contribution < -0.4 is 10.1 Å². The third kappa shape index (κ3) is 7.47. The van der Waals surface area contributed by atoms with Crippen molar-refractivity contribution in [1.82, 2.24) is 19.7 Å². The van der Waals surface area contributed by atoms with Crippen molar-refractivity contribution in [2.24, 2.45) is 7.05 Å². The fourth-order valence-corrected chi connectivity index (χ4v) is 7.04. The summed E-state index contributed by atoms with van der Waals surface area (Å²) in [5.74, 6) is 0.577. The standard InChI is InChI=1S/C42H48N4O4/c1-5-37-39(36(44-45(37)4)29-48-28-30-16-8-7-9-17-30)35-22-13-21-33-34(41(42(47)49-6-2)46(40(33)35)26-15-25-43-3)23-14-27-50-38-24-12-19-31-18-10-11-20-32(31)38/h7-13,16-22,24,43H,5-6,14-15,23,25-29H2,1-4H3. The number of nitrogens with one attached hydrogen (secondary N) is 1. The molecule has 8 heteroatoms. The molecule has 0 radical (unpaired) electrons. The van der Waals surface area contributed by atoms with Crippen molar-refractivity contribution >= 4 is 27.6 Å². The van der Waals surface area contributed by atoms with Crippen LogP contribution in [0.4, 0.5) is 0 Å². The van der Waals surface area contributed by atoms with Gasteiger partial charge in [0.15, 0.2) is 0 Å². The van der Waals surface area contributed by atoms with E-state index in [1.165, 1.54) is 0 Å². The first-order valence-corrected chi connectivity index (χ1v) is 17.8. The van der Waals surface area contributed by atoms with Gasteiger partial charge in [0.1, 0.15) is 11.4 Å². The number of ether oxygens (including phenoxy) is 3. The molecule has 8 nitrogen and oxygen atoms in total. The van der Waals surface area contributed by atoms with E-state index in [1.54, 1.807) is 0 Å². The molecule has 0 aliphatic carbocycles. The fourth-order valence-electron chi connectivity index (χ4n) is 7.04. The quantitative estimate of drug-likeness (QED) is 0.0777. The number of benzene rings is 4. The van der Waals surface area contributed by atoms with Gasteiger partial charge >= 0.3 is 5.97 Å². The molecule has 50 heavy (non-hydrogen) atoms. The lowest BCUT2D eigenvalue weighted by Gasteiger charge is -2.14. The number of aryl methyl sites for hydroxylation is 3. The Morgan fingerprint density at radius 1 is 0.860 bits per heavy atom. The van der Waals surface area contributed by atoms with E-state index in [-0.39, 0.29) is 5.97 Å². The van der Waals surface area contributed by atoms with Crippen molar-refractivity contribution < 1.29 is 19.0 Å². The third-order valence-electron chi connectivity index (χ3n) is 9.24. The second-order valence-electron chi connectivity index (χ2n) is 12.5. The van der Waals surface area contributed by atoms with E-state index in [0.717, 1.165) is 86.9 Å². The molecule has 0 fully saturated rings. The molecule has 2 aromatic heterocycles. The number of fused-ring (bicyclic) bond motifs is 2. The number of hydrogen-bond donors (Lipinski definition) is 1. The van der Waals surface area contributed by atoms with Gasteiger partial charge in [-0.05, 0) is 68.8 Å². The summed E-state index contributed by atoms with van der Waals surface area (Å²) in [4.78, 5) is 13.9. The van der Waals surface area contributed by atoms with Gasteiger partial charge in [-0.15, -0.1) is 0 Å². The summed E-state index contributed by atoms with van der Waals surface area (Å²) in [6, 6.07) is 31.0. The minimum Gasteiger partial charge on any atom is -0.493 e. The second-order valence-corrected chi connectivity index (χ2v) is 12.5. The summed E-state index contributed by atoms with van der Waals surface area (Å²) in [7, 11) is 3.96. The van der Waals surface area contributed by atoms with Gasteiger partial charge < -0.3 is 24.1 Å². The Labute approximate surface area is 295 Å². The smallest absolute Gasteiger partial charge is 0.355 e. The highest BCUT2D eigenvalue weighted by Crippen LogP contribution is 2.39. The van der Waals surface area contributed by atoms with Crippen LogP contribution in [-0.2, 0) is 49.1 Å². The molecule has 0 saturated heterocycles. The van der Waals surface area contributed by atoms with E-state index in [1.807, 2.05) is 68.2 Å². The van der Waals surface area contributed by atoms with Gasteiger partial charge in [0.2, 0.25) is 0 Å². The lowest BCUT2D eigenvalue weighted by Crippen LogP contribution is -2.17. The molecule has 0 unspecified atom stereocenters. The van der Waals surface area contributed by atoms with Crippen LogP contribution in [0, 0.1) is 0 Å². The molecule has 2 heterocycles. The molecule has 0 aliphatic rings. The maximum absolute atomic E-state index is 13.9. The molecule has 6 aromatic rings. The van der Waals surface area contributed by atoms with Gasteiger partial charge in [-0.2, -0.15) is 5.10 Å². The second kappa shape index (κ2) is 16.7. The third-order valence-corrected chi connectivity index (χ3v) is 9.24. The van der Waals surface area contributed by atoms with Crippen molar-refractivity contribution in [3.8, 4) is 16.9 Å². The molecule has 0 atom stereocenters. The summed E-state index contributed by atoms with van der Waals surface area (Å²) in [6.45, 7) is 7.21. The van der Waals surface area contributed by atoms with Crippen molar-refractivity contribution in [3.63, 3.8) is 0 Å². The van der Waals surface area contributed by atoms with Crippen LogP contribution >= 0.6 is 0 Å². The SMILES string of the molecule is CCOC(=O)c1c(CCCOc2cccc3ccccc23)c2cccc(-c3c(COCc4ccccc4)nn(C)c3CC)c2n1CCCNC. The van der Waals surface area contributed by atoms with Crippen molar-refractivity contribution in [2.75, 3.05) is 26.8 Å². The topological polar surface area (TPSA) is 79.5 Å². The molecule has 1 N–H and O–H groups in total. The molecule has 0 saturated carbocycles. The molecular weight excluding hydrogens is 624 g/mol. The van der Waals surface area contributed by atoms with Crippen LogP contribution in [0.5, 0.6) is 5.75 Å². The first kappa shape index (κ1) is 34.9. The van der Waals surface area contributed by atoms with Crippen LogP contribution in [0.15, 0.2) is 91.0 Å². The van der Waals surface area contributed by atoms with Gasteiger partial charge in [0.05, 0.1) is 37.6 Å². The number of rotatable bonds is 17. The van der Waals surface area contributed by atoms with Gasteiger partial charge in [-0.1, -0.05) is 91.9 Å². The summed E-state index contributed by atoms with van der Waals surface area (Å²) in [6.07, 6.45) is 3.06. The highest BCUT2D eigenvalue weighted by Gasteiger charge is 2.28. The molecule has 6 rings (SSSR count). The van der Waals surface area contributed by atoms with Crippen molar-refractivity contribution in [3.05, 3.63) is 119 Å². The minimum absolute atomic E-state index is 0.294. The molecular formula is C42H48N4O4. The van der Waals surface area contributed by atoms with E-state index in [4.69, 9.17) is 19.3 Å². The average Bonchev–Trinajstić information content (AvgIpc) is 3.63. The molecule has 4 aromatic carbocycles. The van der Waals surface area contributed by atoms with Crippen LogP contribution in [-0.4, -0.2) is 47.1 Å². The molecule has 0 bridgehead atoms. The highest BCUT2D eigenvalue weighted by atomic mass is 16.5. The number of para-hydroxylation sites is 1. The summed E-state index contributed by atoms with van der Waals surface area (Å²) in [5.41, 5.74) is 7.91. The Morgan fingerprint density at radius 2 is 1.62 bits per heavy atom. The number of hydrogen-bond acceptors (Lipinski definition) is 6.